The van der Waals surface area contributed by atoms with Crippen LogP contribution in [0.15, 0.2) is 53.4 Å². The monoisotopic (exact) mass is 424 g/mol. The number of ether oxygens (including phenoxy) is 1. The molecular weight excluding hydrogens is 388 g/mol. The summed E-state index contributed by atoms with van der Waals surface area (Å²) in [6.45, 7) is 2.27. The molecule has 0 saturated heterocycles. The van der Waals surface area contributed by atoms with Crippen LogP contribution in [0.1, 0.15) is 88.2 Å². The van der Waals surface area contributed by atoms with Gasteiger partial charge in [-0.2, -0.15) is 0 Å². The molecule has 0 amide bonds. The lowest BCUT2D eigenvalue weighted by molar-refractivity contribution is -0.140. The van der Waals surface area contributed by atoms with E-state index in [0.29, 0.717) is 11.7 Å². The fourth-order valence-electron chi connectivity index (χ4n) is 4.44. The number of carbonyl (C=O) groups is 1. The topological polar surface area (TPSA) is 26.3 Å². The maximum Gasteiger partial charge on any atom is 0.314 e. The molecule has 162 valence electrons. The van der Waals surface area contributed by atoms with Crippen molar-refractivity contribution in [3.05, 3.63) is 59.7 Å². The van der Waals surface area contributed by atoms with E-state index in [1.165, 1.54) is 56.1 Å². The Hall–Kier alpha value is -1.74. The summed E-state index contributed by atoms with van der Waals surface area (Å²) in [4.78, 5) is 13.4. The van der Waals surface area contributed by atoms with E-state index in [1.807, 2.05) is 12.1 Å². The van der Waals surface area contributed by atoms with E-state index in [0.717, 1.165) is 30.6 Å². The van der Waals surface area contributed by atoms with E-state index < -0.39 is 0 Å². The van der Waals surface area contributed by atoms with Gasteiger partial charge < -0.3 is 4.74 Å². The Kier molecular flexibility index (Phi) is 9.32. The first-order valence-electron chi connectivity index (χ1n) is 11.7. The average Bonchev–Trinajstić information content (AvgIpc) is 2.78. The number of hydrogen-bond donors (Lipinski definition) is 1. The van der Waals surface area contributed by atoms with Crippen LogP contribution in [0.4, 0.5) is 0 Å². The highest BCUT2D eigenvalue weighted by atomic mass is 32.1. The predicted molar refractivity (Wildman–Crippen MR) is 128 cm³/mol. The maximum absolute atomic E-state index is 12.5. The van der Waals surface area contributed by atoms with E-state index in [2.05, 4.69) is 43.8 Å². The minimum Gasteiger partial charge on any atom is -0.426 e. The summed E-state index contributed by atoms with van der Waals surface area (Å²) >= 11 is 4.27. The zero-order chi connectivity index (χ0) is 21.2. The van der Waals surface area contributed by atoms with Gasteiger partial charge in [0, 0.05) is 4.90 Å². The van der Waals surface area contributed by atoms with Crippen LogP contribution in [0.5, 0.6) is 5.75 Å². The van der Waals surface area contributed by atoms with Gasteiger partial charge in [0.1, 0.15) is 5.75 Å². The second kappa shape index (κ2) is 12.2. The number of thiol groups is 1. The first kappa shape index (κ1) is 22.9. The third-order valence-corrected chi connectivity index (χ3v) is 6.68. The molecule has 0 N–H and O–H groups in total. The first-order valence-corrected chi connectivity index (χ1v) is 12.2. The molecule has 0 bridgehead atoms. The van der Waals surface area contributed by atoms with Gasteiger partial charge in [0.05, 0.1) is 5.92 Å². The largest absolute Gasteiger partial charge is 0.426 e. The molecule has 0 radical (unpaired) electrons. The first-order chi connectivity index (χ1) is 14.7. The summed E-state index contributed by atoms with van der Waals surface area (Å²) in [5, 5.41) is 0. The zero-order valence-corrected chi connectivity index (χ0v) is 19.2. The number of hydrogen-bond acceptors (Lipinski definition) is 3. The summed E-state index contributed by atoms with van der Waals surface area (Å²) < 4.78 is 5.56. The highest BCUT2D eigenvalue weighted by Gasteiger charge is 2.28. The molecule has 2 nitrogen and oxygen atoms in total. The van der Waals surface area contributed by atoms with Crippen molar-refractivity contribution < 1.29 is 9.53 Å². The normalized spacial score (nSPS) is 18.9. The fraction of sp³-hybridized carbons (Fsp3) is 0.519. The molecule has 0 unspecified atom stereocenters. The molecule has 30 heavy (non-hydrogen) atoms. The standard InChI is InChI=1S/C27H36O2S/c1-2-3-4-5-6-7-8-21-9-11-22(12-10-21)23-13-15-24(16-14-23)27(28)29-25-17-19-26(30)20-18-25/h9-12,17-20,23-24,30H,2-8,13-16H2,1H3. The molecule has 2 aromatic rings. The minimum atomic E-state index is -0.0883. The molecule has 0 aliphatic heterocycles. The number of aryl methyl sites for hydroxylation is 1. The average molecular weight is 425 g/mol. The van der Waals surface area contributed by atoms with E-state index >= 15 is 0 Å². The predicted octanol–water partition coefficient (Wildman–Crippen LogP) is 7.76. The summed E-state index contributed by atoms with van der Waals surface area (Å²) in [6, 6.07) is 16.6. The van der Waals surface area contributed by atoms with Gasteiger partial charge in [-0.3, -0.25) is 4.79 Å². The van der Waals surface area contributed by atoms with Gasteiger partial charge in [-0.1, -0.05) is 63.3 Å². The highest BCUT2D eigenvalue weighted by Crippen LogP contribution is 2.36. The summed E-state index contributed by atoms with van der Waals surface area (Å²) in [5.41, 5.74) is 2.89. The van der Waals surface area contributed by atoms with Crippen molar-refractivity contribution in [2.45, 2.75) is 88.4 Å². The van der Waals surface area contributed by atoms with Crippen molar-refractivity contribution in [1.29, 1.82) is 0 Å². The van der Waals surface area contributed by atoms with Crippen molar-refractivity contribution in [1.82, 2.24) is 0 Å². The van der Waals surface area contributed by atoms with Crippen LogP contribution >= 0.6 is 12.6 Å². The van der Waals surface area contributed by atoms with E-state index in [4.69, 9.17) is 4.74 Å². The molecule has 1 saturated carbocycles. The van der Waals surface area contributed by atoms with Crippen molar-refractivity contribution in [2.75, 3.05) is 0 Å². The van der Waals surface area contributed by atoms with Crippen LogP contribution in [-0.4, -0.2) is 5.97 Å². The Balaban J connectivity index is 1.40. The number of carbonyl (C=O) groups excluding carboxylic acids is 1. The van der Waals surface area contributed by atoms with Gasteiger partial charge in [0.15, 0.2) is 0 Å². The van der Waals surface area contributed by atoms with Crippen LogP contribution < -0.4 is 4.74 Å². The Morgan fingerprint density at radius 1 is 0.867 bits per heavy atom. The van der Waals surface area contributed by atoms with E-state index in [-0.39, 0.29) is 11.9 Å². The van der Waals surface area contributed by atoms with Crippen molar-refractivity contribution in [3.8, 4) is 5.75 Å². The molecule has 3 rings (SSSR count). The summed E-state index contributed by atoms with van der Waals surface area (Å²) in [6.07, 6.45) is 13.2. The molecular formula is C27H36O2S. The summed E-state index contributed by atoms with van der Waals surface area (Å²) in [7, 11) is 0. The van der Waals surface area contributed by atoms with Gasteiger partial charge in [-0.05, 0) is 79.8 Å². The number of esters is 1. The van der Waals surface area contributed by atoms with Crippen molar-refractivity contribution in [2.24, 2.45) is 5.92 Å². The van der Waals surface area contributed by atoms with Crippen LogP contribution in [0.2, 0.25) is 0 Å². The van der Waals surface area contributed by atoms with Crippen LogP contribution in [0, 0.1) is 5.92 Å². The Bertz CT molecular complexity index is 758. The summed E-state index contributed by atoms with van der Waals surface area (Å²) in [5.74, 6) is 1.11. The van der Waals surface area contributed by atoms with Crippen LogP contribution in [0.3, 0.4) is 0 Å². The van der Waals surface area contributed by atoms with Gasteiger partial charge in [-0.25, -0.2) is 0 Å². The lowest BCUT2D eigenvalue weighted by atomic mass is 9.78. The Morgan fingerprint density at radius 3 is 2.17 bits per heavy atom. The molecule has 1 fully saturated rings. The van der Waals surface area contributed by atoms with Gasteiger partial charge in [-0.15, -0.1) is 12.6 Å². The van der Waals surface area contributed by atoms with Crippen LogP contribution in [0.25, 0.3) is 0 Å². The second-order valence-electron chi connectivity index (χ2n) is 8.72. The van der Waals surface area contributed by atoms with Crippen molar-refractivity contribution in [3.63, 3.8) is 0 Å². The molecule has 0 heterocycles. The SMILES string of the molecule is CCCCCCCCc1ccc(C2CCC(C(=O)Oc3ccc(S)cc3)CC2)cc1. The smallest absolute Gasteiger partial charge is 0.314 e. The second-order valence-corrected chi connectivity index (χ2v) is 9.24. The van der Waals surface area contributed by atoms with E-state index in [1.54, 1.807) is 12.1 Å². The molecule has 0 aromatic heterocycles. The lowest BCUT2D eigenvalue weighted by Crippen LogP contribution is -2.25. The highest BCUT2D eigenvalue weighted by molar-refractivity contribution is 7.80. The molecule has 0 atom stereocenters. The fourth-order valence-corrected chi connectivity index (χ4v) is 4.59. The third kappa shape index (κ3) is 7.19. The maximum atomic E-state index is 12.5. The van der Waals surface area contributed by atoms with Gasteiger partial charge in [0.25, 0.3) is 0 Å². The molecule has 1 aliphatic rings. The molecule has 1 aliphatic carbocycles. The van der Waals surface area contributed by atoms with Crippen molar-refractivity contribution >= 4 is 18.6 Å². The van der Waals surface area contributed by atoms with Gasteiger partial charge >= 0.3 is 5.97 Å². The van der Waals surface area contributed by atoms with Crippen LogP contribution in [-0.2, 0) is 11.2 Å². The Labute approximate surface area is 187 Å². The molecule has 2 aromatic carbocycles. The van der Waals surface area contributed by atoms with E-state index in [9.17, 15) is 4.79 Å². The Morgan fingerprint density at radius 2 is 1.50 bits per heavy atom. The zero-order valence-electron chi connectivity index (χ0n) is 18.3. The quantitative estimate of drug-likeness (QED) is 0.182. The minimum absolute atomic E-state index is 0.0175. The number of unbranched alkanes of at least 4 members (excludes halogenated alkanes) is 5. The molecule has 0 spiro atoms. The van der Waals surface area contributed by atoms with Gasteiger partial charge in [0.2, 0.25) is 0 Å². The lowest BCUT2D eigenvalue weighted by Gasteiger charge is -2.27. The molecule has 3 heteroatoms. The number of benzene rings is 2. The number of rotatable bonds is 10. The third-order valence-electron chi connectivity index (χ3n) is 6.39.